The van der Waals surface area contributed by atoms with Gasteiger partial charge in [-0.3, -0.25) is 4.57 Å². The zero-order valence-corrected chi connectivity index (χ0v) is 22.6. The van der Waals surface area contributed by atoms with Crippen molar-refractivity contribution in [1.82, 2.24) is 14.8 Å². The van der Waals surface area contributed by atoms with Crippen molar-refractivity contribution < 1.29 is 0 Å². The highest BCUT2D eigenvalue weighted by molar-refractivity contribution is 5.75. The molecule has 2 unspecified atom stereocenters. The summed E-state index contributed by atoms with van der Waals surface area (Å²) in [4.78, 5) is 0. The van der Waals surface area contributed by atoms with Gasteiger partial charge in [-0.15, -0.1) is 10.2 Å². The Morgan fingerprint density at radius 1 is 0.757 bits per heavy atom. The Morgan fingerprint density at radius 2 is 1.30 bits per heavy atom. The molecule has 37 heavy (non-hydrogen) atoms. The first kappa shape index (κ1) is 25.0. The number of rotatable bonds is 6. The second-order valence-corrected chi connectivity index (χ2v) is 10.4. The summed E-state index contributed by atoms with van der Waals surface area (Å²) >= 11 is 0. The van der Waals surface area contributed by atoms with Crippen molar-refractivity contribution in [3.05, 3.63) is 103 Å². The predicted molar refractivity (Wildman–Crippen MR) is 156 cm³/mol. The number of hydrogen-bond donors (Lipinski definition) is 0. The lowest BCUT2D eigenvalue weighted by atomic mass is 9.82. The second-order valence-electron chi connectivity index (χ2n) is 10.4. The highest BCUT2D eigenvalue weighted by Gasteiger charge is 2.41. The zero-order chi connectivity index (χ0) is 26.0. The first-order chi connectivity index (χ1) is 18.0. The fraction of sp³-hybridized carbons (Fsp3) is 0.294. The summed E-state index contributed by atoms with van der Waals surface area (Å²) in [6.45, 7) is 10.8. The molecule has 0 N–H and O–H groups in total. The summed E-state index contributed by atoms with van der Waals surface area (Å²) in [6.07, 6.45) is 9.08. The van der Waals surface area contributed by atoms with Crippen molar-refractivity contribution >= 4 is 5.70 Å². The molecule has 0 aliphatic heterocycles. The molecule has 2 aliphatic carbocycles. The summed E-state index contributed by atoms with van der Waals surface area (Å²) < 4.78 is 2.30. The molecular weight excluding hydrogens is 450 g/mol. The van der Waals surface area contributed by atoms with Gasteiger partial charge in [0, 0.05) is 22.7 Å². The van der Waals surface area contributed by atoms with Gasteiger partial charge in [0.05, 0.1) is 0 Å². The molecule has 0 radical (unpaired) electrons. The Balaban J connectivity index is 0.00000137. The highest BCUT2D eigenvalue weighted by atomic mass is 15.3. The van der Waals surface area contributed by atoms with Gasteiger partial charge in [-0.1, -0.05) is 126 Å². The Bertz CT molecular complexity index is 1400. The molecule has 1 saturated carbocycles. The monoisotopic (exact) mass is 487 g/mol. The number of allylic oxidation sites excluding steroid dienone is 4. The van der Waals surface area contributed by atoms with Crippen LogP contribution in [0.15, 0.2) is 97.1 Å². The van der Waals surface area contributed by atoms with E-state index in [1.54, 1.807) is 0 Å². The van der Waals surface area contributed by atoms with Gasteiger partial charge in [0.25, 0.3) is 0 Å². The molecule has 0 saturated heterocycles. The molecule has 2 atom stereocenters. The van der Waals surface area contributed by atoms with Gasteiger partial charge >= 0.3 is 0 Å². The van der Waals surface area contributed by atoms with E-state index >= 15 is 0 Å². The van der Waals surface area contributed by atoms with E-state index in [-0.39, 0.29) is 5.41 Å². The van der Waals surface area contributed by atoms with Crippen molar-refractivity contribution in [3.63, 3.8) is 0 Å². The van der Waals surface area contributed by atoms with E-state index in [2.05, 4.69) is 122 Å². The van der Waals surface area contributed by atoms with E-state index < -0.39 is 0 Å². The van der Waals surface area contributed by atoms with Gasteiger partial charge in [0.1, 0.15) is 0 Å². The molecule has 2 aliphatic rings. The minimum Gasteiger partial charge on any atom is -0.279 e. The predicted octanol–water partition coefficient (Wildman–Crippen LogP) is 9.04. The number of benzene rings is 3. The first-order valence-electron chi connectivity index (χ1n) is 13.7. The molecule has 3 aromatic carbocycles. The lowest BCUT2D eigenvalue weighted by Crippen LogP contribution is -2.15. The largest absolute Gasteiger partial charge is 0.279 e. The lowest BCUT2D eigenvalue weighted by molar-refractivity contribution is 0.506. The first-order valence-corrected chi connectivity index (χ1v) is 13.7. The van der Waals surface area contributed by atoms with Gasteiger partial charge in [-0.05, 0) is 46.9 Å². The molecule has 0 amide bonds. The third kappa shape index (κ3) is 4.83. The summed E-state index contributed by atoms with van der Waals surface area (Å²) in [7, 11) is 0. The SMILES string of the molecule is CC.CCC(C)(C)c1ccc(-c2nnc(-c3ccc(-c4ccccc4)cc3)n2C2=CC=CC3CC23)cc1. The van der Waals surface area contributed by atoms with Crippen LogP contribution in [-0.2, 0) is 5.41 Å². The summed E-state index contributed by atoms with van der Waals surface area (Å²) in [5.41, 5.74) is 7.43. The van der Waals surface area contributed by atoms with E-state index in [0.717, 1.165) is 29.2 Å². The average molecular weight is 488 g/mol. The molecule has 4 aromatic rings. The van der Waals surface area contributed by atoms with Crippen LogP contribution in [0.25, 0.3) is 39.6 Å². The van der Waals surface area contributed by atoms with Crippen molar-refractivity contribution in [3.8, 4) is 33.9 Å². The van der Waals surface area contributed by atoms with E-state index in [1.165, 1.54) is 28.8 Å². The van der Waals surface area contributed by atoms with Gasteiger partial charge in [0.15, 0.2) is 11.6 Å². The highest BCUT2D eigenvalue weighted by Crippen LogP contribution is 2.51. The van der Waals surface area contributed by atoms with Crippen LogP contribution in [0.4, 0.5) is 0 Å². The maximum Gasteiger partial charge on any atom is 0.168 e. The molecule has 1 fully saturated rings. The van der Waals surface area contributed by atoms with E-state index in [0.29, 0.717) is 11.8 Å². The van der Waals surface area contributed by atoms with Crippen LogP contribution in [-0.4, -0.2) is 14.8 Å². The maximum atomic E-state index is 4.73. The molecule has 3 heteroatoms. The number of hydrogen-bond acceptors (Lipinski definition) is 2. The number of fused-ring (bicyclic) bond motifs is 1. The van der Waals surface area contributed by atoms with E-state index in [4.69, 9.17) is 10.2 Å². The van der Waals surface area contributed by atoms with Crippen molar-refractivity contribution in [2.45, 2.75) is 52.9 Å². The fourth-order valence-corrected chi connectivity index (χ4v) is 5.05. The van der Waals surface area contributed by atoms with Crippen molar-refractivity contribution in [2.75, 3.05) is 0 Å². The third-order valence-corrected chi connectivity index (χ3v) is 7.82. The van der Waals surface area contributed by atoms with Gasteiger partial charge < -0.3 is 0 Å². The molecule has 0 bridgehead atoms. The molecule has 6 rings (SSSR count). The van der Waals surface area contributed by atoms with Crippen LogP contribution in [0.5, 0.6) is 0 Å². The standard InChI is InChI=1S/C32H31N3.C2H6/c1-4-32(2,3)27-19-17-25(18-20-27)31-34-33-30(35(31)29-12-8-11-26-21-28(26)29)24-15-13-23(14-16-24)22-9-6-5-7-10-22;1-2/h5-20,26,28H,4,21H2,1-3H3;1-2H3. The Kier molecular flexibility index (Phi) is 6.97. The fourth-order valence-electron chi connectivity index (χ4n) is 5.05. The molecule has 3 nitrogen and oxygen atoms in total. The normalized spacial score (nSPS) is 17.9. The zero-order valence-electron chi connectivity index (χ0n) is 22.6. The van der Waals surface area contributed by atoms with Crippen LogP contribution >= 0.6 is 0 Å². The van der Waals surface area contributed by atoms with Crippen LogP contribution in [0.2, 0.25) is 0 Å². The molecule has 188 valence electrons. The molecular formula is C34H37N3. The molecule has 1 aromatic heterocycles. The van der Waals surface area contributed by atoms with Gasteiger partial charge in [-0.2, -0.15) is 0 Å². The van der Waals surface area contributed by atoms with E-state index in [1.807, 2.05) is 13.8 Å². The Labute approximate surface area is 221 Å². The van der Waals surface area contributed by atoms with E-state index in [9.17, 15) is 0 Å². The van der Waals surface area contributed by atoms with Crippen LogP contribution in [0.3, 0.4) is 0 Å². The Morgan fingerprint density at radius 3 is 1.89 bits per heavy atom. The summed E-state index contributed by atoms with van der Waals surface area (Å²) in [5, 5.41) is 9.46. The number of nitrogens with zero attached hydrogens (tertiary/aromatic N) is 3. The van der Waals surface area contributed by atoms with Crippen molar-refractivity contribution in [1.29, 1.82) is 0 Å². The summed E-state index contributed by atoms with van der Waals surface area (Å²) in [5.74, 6) is 3.02. The lowest BCUT2D eigenvalue weighted by Gasteiger charge is -2.23. The second kappa shape index (κ2) is 10.3. The van der Waals surface area contributed by atoms with Crippen LogP contribution in [0.1, 0.15) is 53.0 Å². The van der Waals surface area contributed by atoms with Crippen molar-refractivity contribution in [2.24, 2.45) is 11.8 Å². The topological polar surface area (TPSA) is 30.7 Å². The number of aromatic nitrogens is 3. The van der Waals surface area contributed by atoms with Gasteiger partial charge in [0.2, 0.25) is 0 Å². The summed E-state index contributed by atoms with van der Waals surface area (Å²) in [6, 6.07) is 28.1. The molecule has 0 spiro atoms. The van der Waals surface area contributed by atoms with Gasteiger partial charge in [-0.25, -0.2) is 0 Å². The van der Waals surface area contributed by atoms with Crippen LogP contribution < -0.4 is 0 Å². The third-order valence-electron chi connectivity index (χ3n) is 7.82. The maximum absolute atomic E-state index is 4.73. The smallest absolute Gasteiger partial charge is 0.168 e. The Hall–Kier alpha value is -3.72. The molecule has 1 heterocycles. The minimum absolute atomic E-state index is 0.162. The van der Waals surface area contributed by atoms with Crippen LogP contribution in [0, 0.1) is 11.8 Å². The average Bonchev–Trinajstić information content (AvgIpc) is 3.64. The quantitative estimate of drug-likeness (QED) is 0.272. The minimum atomic E-state index is 0.162.